The van der Waals surface area contributed by atoms with Gasteiger partial charge in [-0.2, -0.15) is 0 Å². The second kappa shape index (κ2) is 6.41. The van der Waals surface area contributed by atoms with E-state index in [-0.39, 0.29) is 11.8 Å². The molecule has 1 heterocycles. The molecule has 0 spiro atoms. The van der Waals surface area contributed by atoms with Gasteiger partial charge in [-0.25, -0.2) is 0 Å². The van der Waals surface area contributed by atoms with Gasteiger partial charge in [0.05, 0.1) is 5.92 Å². The van der Waals surface area contributed by atoms with Crippen LogP contribution in [0.3, 0.4) is 0 Å². The van der Waals surface area contributed by atoms with E-state index in [1.807, 2.05) is 6.07 Å². The summed E-state index contributed by atoms with van der Waals surface area (Å²) in [5, 5.41) is 7.34. The molecule has 1 aromatic rings. The van der Waals surface area contributed by atoms with Crippen molar-refractivity contribution in [2.75, 3.05) is 13.1 Å². The van der Waals surface area contributed by atoms with E-state index in [9.17, 15) is 4.79 Å². The second-order valence-corrected chi connectivity index (χ2v) is 5.34. The molecule has 0 radical (unpaired) electrons. The van der Waals surface area contributed by atoms with Gasteiger partial charge in [-0.3, -0.25) is 4.79 Å². The van der Waals surface area contributed by atoms with Gasteiger partial charge in [0.25, 0.3) is 0 Å². The quantitative estimate of drug-likeness (QED) is 0.897. The summed E-state index contributed by atoms with van der Waals surface area (Å²) >= 11 is 11.9. The van der Waals surface area contributed by atoms with E-state index < -0.39 is 0 Å². The number of hydrogen-bond donors (Lipinski definition) is 2. The first kappa shape index (κ1) is 13.7. The summed E-state index contributed by atoms with van der Waals surface area (Å²) in [4.78, 5) is 11.9. The molecule has 1 amide bonds. The molecule has 0 aliphatic carbocycles. The van der Waals surface area contributed by atoms with Gasteiger partial charge >= 0.3 is 0 Å². The highest BCUT2D eigenvalue weighted by Crippen LogP contribution is 2.21. The van der Waals surface area contributed by atoms with Crippen molar-refractivity contribution in [3.63, 3.8) is 0 Å². The van der Waals surface area contributed by atoms with Gasteiger partial charge in [0, 0.05) is 23.1 Å². The Hall–Kier alpha value is -0.770. The molecular formula is C13H16Cl2N2O. The molecule has 1 aliphatic heterocycles. The Kier molecular flexibility index (Phi) is 4.87. The lowest BCUT2D eigenvalue weighted by atomic mass is 9.99. The van der Waals surface area contributed by atoms with E-state index in [4.69, 9.17) is 23.2 Å². The maximum Gasteiger partial charge on any atom is 0.224 e. The summed E-state index contributed by atoms with van der Waals surface area (Å²) in [5.74, 6) is 0.165. The van der Waals surface area contributed by atoms with Crippen LogP contribution in [0.25, 0.3) is 0 Å². The van der Waals surface area contributed by atoms with E-state index in [0.717, 1.165) is 31.5 Å². The number of carbonyl (C=O) groups excluding carboxylic acids is 1. The van der Waals surface area contributed by atoms with Crippen LogP contribution in [0.2, 0.25) is 10.0 Å². The Balaban J connectivity index is 1.88. The normalized spacial score (nSPS) is 19.6. The molecule has 2 rings (SSSR count). The molecule has 1 saturated heterocycles. The predicted octanol–water partition coefficient (Wildman–Crippen LogP) is 2.61. The van der Waals surface area contributed by atoms with E-state index in [0.29, 0.717) is 16.6 Å². The van der Waals surface area contributed by atoms with Crippen LogP contribution in [-0.2, 0) is 11.3 Å². The zero-order chi connectivity index (χ0) is 13.0. The molecular weight excluding hydrogens is 271 g/mol. The molecule has 0 bridgehead atoms. The fourth-order valence-electron chi connectivity index (χ4n) is 2.07. The number of carbonyl (C=O) groups is 1. The van der Waals surface area contributed by atoms with Gasteiger partial charge in [-0.05, 0) is 37.1 Å². The molecule has 1 aromatic carbocycles. The molecule has 1 fully saturated rings. The second-order valence-electron chi connectivity index (χ2n) is 4.50. The number of piperidine rings is 1. The van der Waals surface area contributed by atoms with E-state index in [1.54, 1.807) is 12.1 Å². The predicted molar refractivity (Wildman–Crippen MR) is 73.9 cm³/mol. The highest BCUT2D eigenvalue weighted by Gasteiger charge is 2.20. The third-order valence-corrected chi connectivity index (χ3v) is 3.72. The van der Waals surface area contributed by atoms with Crippen molar-refractivity contribution >= 4 is 29.1 Å². The van der Waals surface area contributed by atoms with Crippen LogP contribution in [0.1, 0.15) is 18.4 Å². The molecule has 0 unspecified atom stereocenters. The third kappa shape index (κ3) is 3.61. The average Bonchev–Trinajstić information content (AvgIpc) is 2.38. The highest BCUT2D eigenvalue weighted by atomic mass is 35.5. The topological polar surface area (TPSA) is 41.1 Å². The Labute approximate surface area is 117 Å². The Morgan fingerprint density at radius 3 is 2.94 bits per heavy atom. The summed E-state index contributed by atoms with van der Waals surface area (Å²) in [6.45, 7) is 2.22. The number of amides is 1. The average molecular weight is 287 g/mol. The SMILES string of the molecule is O=C(NCc1ccc(Cl)cc1Cl)[C@@H]1CCCNC1. The Morgan fingerprint density at radius 1 is 1.44 bits per heavy atom. The number of nitrogens with one attached hydrogen (secondary N) is 2. The Morgan fingerprint density at radius 2 is 2.28 bits per heavy atom. The lowest BCUT2D eigenvalue weighted by molar-refractivity contribution is -0.125. The first-order valence-electron chi connectivity index (χ1n) is 6.09. The summed E-state index contributed by atoms with van der Waals surface area (Å²) in [7, 11) is 0. The van der Waals surface area contributed by atoms with Crippen LogP contribution in [0.5, 0.6) is 0 Å². The number of benzene rings is 1. The van der Waals surface area contributed by atoms with Crippen LogP contribution in [-0.4, -0.2) is 19.0 Å². The minimum absolute atomic E-state index is 0.0739. The van der Waals surface area contributed by atoms with Gasteiger partial charge < -0.3 is 10.6 Å². The molecule has 1 atom stereocenters. The van der Waals surface area contributed by atoms with E-state index >= 15 is 0 Å². The third-order valence-electron chi connectivity index (χ3n) is 3.14. The molecule has 18 heavy (non-hydrogen) atoms. The minimum Gasteiger partial charge on any atom is -0.352 e. The summed E-state index contributed by atoms with van der Waals surface area (Å²) in [6, 6.07) is 5.30. The maximum atomic E-state index is 11.9. The summed E-state index contributed by atoms with van der Waals surface area (Å²) < 4.78 is 0. The van der Waals surface area contributed by atoms with Crippen molar-refractivity contribution in [2.24, 2.45) is 5.92 Å². The zero-order valence-corrected chi connectivity index (χ0v) is 11.5. The fraction of sp³-hybridized carbons (Fsp3) is 0.462. The van der Waals surface area contributed by atoms with E-state index in [2.05, 4.69) is 10.6 Å². The maximum absolute atomic E-state index is 11.9. The summed E-state index contributed by atoms with van der Waals surface area (Å²) in [6.07, 6.45) is 2.01. The van der Waals surface area contributed by atoms with Crippen LogP contribution in [0.15, 0.2) is 18.2 Å². The van der Waals surface area contributed by atoms with Gasteiger partial charge in [-0.15, -0.1) is 0 Å². The monoisotopic (exact) mass is 286 g/mol. The van der Waals surface area contributed by atoms with Gasteiger partial charge in [0.1, 0.15) is 0 Å². The van der Waals surface area contributed by atoms with E-state index in [1.165, 1.54) is 0 Å². The molecule has 0 saturated carbocycles. The van der Waals surface area contributed by atoms with Crippen LogP contribution < -0.4 is 10.6 Å². The lowest BCUT2D eigenvalue weighted by Crippen LogP contribution is -2.40. The van der Waals surface area contributed by atoms with Crippen molar-refractivity contribution in [1.82, 2.24) is 10.6 Å². The standard InChI is InChI=1S/C13H16Cl2N2O/c14-11-4-3-9(12(15)6-11)8-17-13(18)10-2-1-5-16-7-10/h3-4,6,10,16H,1-2,5,7-8H2,(H,17,18)/t10-/m1/s1. The number of hydrogen-bond acceptors (Lipinski definition) is 2. The fourth-order valence-corrected chi connectivity index (χ4v) is 2.54. The molecule has 98 valence electrons. The molecule has 2 N–H and O–H groups in total. The molecule has 5 heteroatoms. The van der Waals surface area contributed by atoms with Crippen molar-refractivity contribution in [2.45, 2.75) is 19.4 Å². The van der Waals surface area contributed by atoms with Gasteiger partial charge in [-0.1, -0.05) is 29.3 Å². The first-order chi connectivity index (χ1) is 8.66. The molecule has 0 aromatic heterocycles. The van der Waals surface area contributed by atoms with Crippen molar-refractivity contribution in [3.8, 4) is 0 Å². The van der Waals surface area contributed by atoms with Crippen molar-refractivity contribution in [3.05, 3.63) is 33.8 Å². The number of halogens is 2. The molecule has 1 aliphatic rings. The van der Waals surface area contributed by atoms with Crippen LogP contribution in [0.4, 0.5) is 0 Å². The highest BCUT2D eigenvalue weighted by molar-refractivity contribution is 6.35. The molecule has 3 nitrogen and oxygen atoms in total. The minimum atomic E-state index is 0.0739. The largest absolute Gasteiger partial charge is 0.352 e. The Bertz CT molecular complexity index is 431. The van der Waals surface area contributed by atoms with Crippen molar-refractivity contribution < 1.29 is 4.79 Å². The summed E-state index contributed by atoms with van der Waals surface area (Å²) in [5.41, 5.74) is 0.887. The smallest absolute Gasteiger partial charge is 0.224 e. The van der Waals surface area contributed by atoms with Crippen LogP contribution >= 0.6 is 23.2 Å². The van der Waals surface area contributed by atoms with Gasteiger partial charge in [0.15, 0.2) is 0 Å². The lowest BCUT2D eigenvalue weighted by Gasteiger charge is -2.22. The number of rotatable bonds is 3. The zero-order valence-electron chi connectivity index (χ0n) is 10.0. The van der Waals surface area contributed by atoms with Crippen LogP contribution in [0, 0.1) is 5.92 Å². The van der Waals surface area contributed by atoms with Crippen molar-refractivity contribution in [1.29, 1.82) is 0 Å². The first-order valence-corrected chi connectivity index (χ1v) is 6.85. The van der Waals surface area contributed by atoms with Gasteiger partial charge in [0.2, 0.25) is 5.91 Å².